The molecule has 0 bridgehead atoms. The molecule has 0 aliphatic carbocycles. The third-order valence-electron chi connectivity index (χ3n) is 1.46. The topological polar surface area (TPSA) is 48.1 Å². The Morgan fingerprint density at radius 3 is 2.25 bits per heavy atom. The van der Waals surface area contributed by atoms with E-state index in [9.17, 15) is 0 Å². The first-order valence-corrected chi connectivity index (χ1v) is 4.22. The van der Waals surface area contributed by atoms with E-state index in [1.54, 1.807) is 0 Å². The van der Waals surface area contributed by atoms with Crippen molar-refractivity contribution in [2.45, 2.75) is 6.42 Å². The molecule has 0 saturated carbocycles. The van der Waals surface area contributed by atoms with Crippen LogP contribution in [0.1, 0.15) is 6.42 Å². The van der Waals surface area contributed by atoms with Crippen molar-refractivity contribution in [2.24, 2.45) is 0 Å². The van der Waals surface area contributed by atoms with Crippen LogP contribution >= 0.6 is 0 Å². The van der Waals surface area contributed by atoms with Crippen molar-refractivity contribution < 1.29 is 0 Å². The highest BCUT2D eigenvalue weighted by Gasteiger charge is 1.82. The van der Waals surface area contributed by atoms with E-state index < -0.39 is 0 Å². The van der Waals surface area contributed by atoms with Crippen molar-refractivity contribution in [1.29, 1.82) is 0 Å². The predicted molar refractivity (Wildman–Crippen MR) is 50.0 cm³/mol. The van der Waals surface area contributed by atoms with Crippen LogP contribution in [0.25, 0.3) is 0 Å². The van der Waals surface area contributed by atoms with Crippen molar-refractivity contribution in [3.8, 4) is 0 Å². The molecule has 0 fully saturated rings. The minimum atomic E-state index is 0.913. The van der Waals surface area contributed by atoms with Crippen LogP contribution in [-0.4, -0.2) is 19.8 Å². The molecular formula is C8H16N4. The van der Waals surface area contributed by atoms with Crippen LogP contribution in [0.2, 0.25) is 0 Å². The van der Waals surface area contributed by atoms with Gasteiger partial charge in [0.15, 0.2) is 0 Å². The zero-order chi connectivity index (χ0) is 8.49. The first-order chi connectivity index (χ1) is 6.00. The highest BCUT2D eigenvalue weighted by Crippen LogP contribution is 1.79. The second-order valence-electron chi connectivity index (χ2n) is 2.50. The van der Waals surface area contributed by atoms with Crippen molar-refractivity contribution in [3.05, 3.63) is 24.6 Å². The van der Waals surface area contributed by atoms with Crippen LogP contribution in [-0.2, 0) is 0 Å². The third kappa shape index (κ3) is 4.76. The monoisotopic (exact) mass is 168 g/mol. The number of hydrazine groups is 1. The molecule has 4 N–H and O–H groups in total. The first kappa shape index (κ1) is 9.09. The van der Waals surface area contributed by atoms with Crippen LogP contribution in [0.4, 0.5) is 0 Å². The van der Waals surface area contributed by atoms with E-state index in [0.29, 0.717) is 0 Å². The second kappa shape index (κ2) is 6.69. The molecule has 2 aliphatic heterocycles. The van der Waals surface area contributed by atoms with Gasteiger partial charge in [0.2, 0.25) is 0 Å². The summed E-state index contributed by atoms with van der Waals surface area (Å²) in [5.74, 6) is 0. The molecule has 0 aromatic rings. The van der Waals surface area contributed by atoms with Gasteiger partial charge in [-0.1, -0.05) is 12.2 Å². The van der Waals surface area contributed by atoms with Crippen molar-refractivity contribution in [3.63, 3.8) is 0 Å². The van der Waals surface area contributed by atoms with Gasteiger partial charge >= 0.3 is 0 Å². The molecule has 0 amide bonds. The summed E-state index contributed by atoms with van der Waals surface area (Å²) in [5.41, 5.74) is 5.80. The zero-order valence-electron chi connectivity index (χ0n) is 7.14. The summed E-state index contributed by atoms with van der Waals surface area (Å²) in [5, 5.41) is 6.08. The average molecular weight is 168 g/mol. The SMILES string of the molecule is C1=CNCNC1.C1=CNNCC1. The van der Waals surface area contributed by atoms with Crippen molar-refractivity contribution >= 4 is 0 Å². The lowest BCUT2D eigenvalue weighted by molar-refractivity contribution is 0.605. The predicted octanol–water partition coefficient (Wildman–Crippen LogP) is -0.352. The summed E-state index contributed by atoms with van der Waals surface area (Å²) < 4.78 is 0. The van der Waals surface area contributed by atoms with E-state index >= 15 is 0 Å². The van der Waals surface area contributed by atoms with E-state index in [4.69, 9.17) is 0 Å². The van der Waals surface area contributed by atoms with Gasteiger partial charge in [-0.25, -0.2) is 5.43 Å². The quantitative estimate of drug-likeness (QED) is 0.399. The Bertz CT molecular complexity index is 119. The standard InChI is InChI=1S/2C4H8N2/c1-2-5-4-6-3-1;1-2-4-6-5-3-1/h1-2,5-6H,3-4H2;1,3,5-6H,2,4H2. The minimum Gasteiger partial charge on any atom is -0.379 e. The van der Waals surface area contributed by atoms with E-state index in [-0.39, 0.29) is 0 Å². The Hall–Kier alpha value is -1.00. The molecule has 4 heteroatoms. The fourth-order valence-corrected chi connectivity index (χ4v) is 0.858. The fraction of sp³-hybridized carbons (Fsp3) is 0.500. The molecule has 2 aliphatic rings. The van der Waals surface area contributed by atoms with E-state index in [0.717, 1.165) is 26.2 Å². The van der Waals surface area contributed by atoms with Crippen LogP contribution in [0.3, 0.4) is 0 Å². The summed E-state index contributed by atoms with van der Waals surface area (Å²) in [6.45, 7) is 2.97. The van der Waals surface area contributed by atoms with Crippen molar-refractivity contribution in [1.82, 2.24) is 21.5 Å². The fourth-order valence-electron chi connectivity index (χ4n) is 0.858. The maximum atomic E-state index is 3.09. The molecule has 0 radical (unpaired) electrons. The van der Waals surface area contributed by atoms with Gasteiger partial charge in [0, 0.05) is 19.3 Å². The molecule has 0 unspecified atom stereocenters. The molecule has 0 spiro atoms. The molecular weight excluding hydrogens is 152 g/mol. The van der Waals surface area contributed by atoms with E-state index in [1.165, 1.54) is 0 Å². The van der Waals surface area contributed by atoms with E-state index in [2.05, 4.69) is 27.6 Å². The van der Waals surface area contributed by atoms with Crippen LogP contribution in [0.5, 0.6) is 0 Å². The second-order valence-corrected chi connectivity index (χ2v) is 2.50. The van der Waals surface area contributed by atoms with Crippen LogP contribution < -0.4 is 21.5 Å². The number of rotatable bonds is 0. The minimum absolute atomic E-state index is 0.913. The first-order valence-electron chi connectivity index (χ1n) is 4.22. The maximum absolute atomic E-state index is 3.09. The van der Waals surface area contributed by atoms with Gasteiger partial charge in [-0.2, -0.15) is 0 Å². The highest BCUT2D eigenvalue weighted by atomic mass is 15.3. The number of nitrogens with one attached hydrogen (secondary N) is 4. The van der Waals surface area contributed by atoms with Crippen LogP contribution in [0.15, 0.2) is 24.6 Å². The zero-order valence-corrected chi connectivity index (χ0v) is 7.14. The van der Waals surface area contributed by atoms with E-state index in [1.807, 2.05) is 18.5 Å². The van der Waals surface area contributed by atoms with Crippen LogP contribution in [0, 0.1) is 0 Å². The summed E-state index contributed by atoms with van der Waals surface area (Å²) >= 11 is 0. The normalized spacial score (nSPS) is 20.0. The average Bonchev–Trinajstić information content (AvgIpc) is 2.24. The molecule has 0 atom stereocenters. The smallest absolute Gasteiger partial charge is 0.0650 e. The third-order valence-corrected chi connectivity index (χ3v) is 1.46. The van der Waals surface area contributed by atoms with Gasteiger partial charge in [0.05, 0.1) is 6.67 Å². The summed E-state index contributed by atoms with van der Waals surface area (Å²) in [7, 11) is 0. The Kier molecular flexibility index (Phi) is 5.07. The largest absolute Gasteiger partial charge is 0.379 e. The highest BCUT2D eigenvalue weighted by molar-refractivity contribution is 4.85. The molecule has 12 heavy (non-hydrogen) atoms. The summed E-state index contributed by atoms with van der Waals surface area (Å²) in [6.07, 6.45) is 9.15. The lowest BCUT2D eigenvalue weighted by atomic mass is 10.4. The van der Waals surface area contributed by atoms with Gasteiger partial charge in [-0.05, 0) is 12.6 Å². The summed E-state index contributed by atoms with van der Waals surface area (Å²) in [4.78, 5) is 0. The van der Waals surface area contributed by atoms with Gasteiger partial charge in [-0.3, -0.25) is 5.32 Å². The summed E-state index contributed by atoms with van der Waals surface area (Å²) in [6, 6.07) is 0. The Morgan fingerprint density at radius 2 is 2.08 bits per heavy atom. The van der Waals surface area contributed by atoms with Gasteiger partial charge in [0.1, 0.15) is 0 Å². The Labute approximate surface area is 73.1 Å². The van der Waals surface area contributed by atoms with Gasteiger partial charge in [-0.15, -0.1) is 0 Å². The number of hydrogen-bond acceptors (Lipinski definition) is 4. The lowest BCUT2D eigenvalue weighted by Gasteiger charge is -2.05. The number of hydrogen-bond donors (Lipinski definition) is 4. The molecule has 0 aromatic carbocycles. The lowest BCUT2D eigenvalue weighted by Crippen LogP contribution is -2.30. The Balaban J connectivity index is 0.000000120. The molecule has 4 nitrogen and oxygen atoms in total. The Morgan fingerprint density at radius 1 is 1.08 bits per heavy atom. The molecule has 2 heterocycles. The molecule has 0 saturated heterocycles. The van der Waals surface area contributed by atoms with Gasteiger partial charge in [0.25, 0.3) is 0 Å². The van der Waals surface area contributed by atoms with Crippen molar-refractivity contribution in [2.75, 3.05) is 19.8 Å². The molecule has 0 aromatic heterocycles. The molecule has 68 valence electrons. The van der Waals surface area contributed by atoms with Gasteiger partial charge < -0.3 is 10.7 Å². The molecule has 2 rings (SSSR count). The maximum Gasteiger partial charge on any atom is 0.0650 e.